The number of amides is 1. The third kappa shape index (κ3) is 3.55. The quantitative estimate of drug-likeness (QED) is 0.930. The number of nitrogens with one attached hydrogen (secondary N) is 1. The third-order valence-electron chi connectivity index (χ3n) is 4.82. The number of H-pyrrole nitrogens is 1. The average Bonchev–Trinajstić information content (AvgIpc) is 3.09. The molecule has 3 heterocycles. The Bertz CT molecular complexity index is 685. The first-order valence-corrected chi connectivity index (χ1v) is 9.02. The predicted octanol–water partition coefficient (Wildman–Crippen LogP) is 3.70. The van der Waals surface area contributed by atoms with Crippen molar-refractivity contribution < 1.29 is 4.79 Å². The van der Waals surface area contributed by atoms with Gasteiger partial charge in [-0.05, 0) is 43.4 Å². The molecular weight excluding hydrogens is 300 g/mol. The van der Waals surface area contributed by atoms with Crippen molar-refractivity contribution in [1.29, 1.82) is 0 Å². The maximum atomic E-state index is 13.1. The highest BCUT2D eigenvalue weighted by molar-refractivity contribution is 5.92. The minimum absolute atomic E-state index is 0.0503. The van der Waals surface area contributed by atoms with E-state index in [2.05, 4.69) is 54.0 Å². The van der Waals surface area contributed by atoms with Gasteiger partial charge in [0.05, 0.1) is 6.04 Å². The van der Waals surface area contributed by atoms with Gasteiger partial charge < -0.3 is 9.47 Å². The molecule has 0 saturated carbocycles. The Balaban J connectivity index is 1.84. The van der Waals surface area contributed by atoms with Gasteiger partial charge in [0.1, 0.15) is 5.69 Å². The number of carbonyl (C=O) groups excluding carboxylic acids is 1. The van der Waals surface area contributed by atoms with Gasteiger partial charge in [0, 0.05) is 31.2 Å². The van der Waals surface area contributed by atoms with Crippen LogP contribution in [0.5, 0.6) is 0 Å². The normalized spacial score (nSPS) is 18.8. The van der Waals surface area contributed by atoms with Gasteiger partial charge in [-0.3, -0.25) is 9.89 Å². The van der Waals surface area contributed by atoms with Crippen LogP contribution in [0.1, 0.15) is 67.4 Å². The zero-order chi connectivity index (χ0) is 17.1. The Hall–Kier alpha value is -2.04. The standard InChI is InChI=1S/C19H28N4O/c1-14(2)12-15-13-16(21-20-15)19(24)23-11-6-4-5-8-18(23)17-9-7-10-22(17)3/h7,9-10,13-14,18H,4-6,8,11-12H2,1-3H3,(H,20,21). The molecule has 0 radical (unpaired) electrons. The summed E-state index contributed by atoms with van der Waals surface area (Å²) in [6.45, 7) is 5.15. The van der Waals surface area contributed by atoms with Crippen molar-refractivity contribution in [3.8, 4) is 0 Å². The highest BCUT2D eigenvalue weighted by Crippen LogP contribution is 2.31. The molecule has 0 aromatic carbocycles. The number of hydrogen-bond acceptors (Lipinski definition) is 2. The van der Waals surface area contributed by atoms with Gasteiger partial charge in [0.2, 0.25) is 0 Å². The molecule has 2 aromatic heterocycles. The molecule has 1 saturated heterocycles. The summed E-state index contributed by atoms with van der Waals surface area (Å²) in [4.78, 5) is 15.1. The van der Waals surface area contributed by atoms with Crippen LogP contribution in [0.3, 0.4) is 0 Å². The van der Waals surface area contributed by atoms with E-state index in [0.717, 1.165) is 31.5 Å². The average molecular weight is 328 g/mol. The van der Waals surface area contributed by atoms with Gasteiger partial charge in [-0.1, -0.05) is 26.7 Å². The second kappa shape index (κ2) is 7.24. The van der Waals surface area contributed by atoms with Crippen LogP contribution in [0.2, 0.25) is 0 Å². The highest BCUT2D eigenvalue weighted by Gasteiger charge is 2.30. The monoisotopic (exact) mass is 328 g/mol. The molecule has 1 atom stereocenters. The van der Waals surface area contributed by atoms with Gasteiger partial charge in [0.25, 0.3) is 5.91 Å². The lowest BCUT2D eigenvalue weighted by Gasteiger charge is -2.30. The number of aromatic amines is 1. The van der Waals surface area contributed by atoms with Crippen molar-refractivity contribution in [3.05, 3.63) is 41.5 Å². The van der Waals surface area contributed by atoms with Crippen molar-refractivity contribution in [3.63, 3.8) is 0 Å². The summed E-state index contributed by atoms with van der Waals surface area (Å²) < 4.78 is 2.13. The van der Waals surface area contributed by atoms with Crippen molar-refractivity contribution in [2.24, 2.45) is 13.0 Å². The number of rotatable bonds is 4. The summed E-state index contributed by atoms with van der Waals surface area (Å²) in [5.74, 6) is 0.595. The molecular formula is C19H28N4O. The number of aromatic nitrogens is 3. The van der Waals surface area contributed by atoms with E-state index in [4.69, 9.17) is 0 Å². The van der Waals surface area contributed by atoms with E-state index >= 15 is 0 Å². The third-order valence-corrected chi connectivity index (χ3v) is 4.82. The Kier molecular flexibility index (Phi) is 5.07. The van der Waals surface area contributed by atoms with Crippen LogP contribution < -0.4 is 0 Å². The minimum Gasteiger partial charge on any atom is -0.353 e. The Morgan fingerprint density at radius 1 is 1.38 bits per heavy atom. The van der Waals surface area contributed by atoms with Crippen molar-refractivity contribution in [2.75, 3.05) is 6.54 Å². The zero-order valence-electron chi connectivity index (χ0n) is 15.0. The van der Waals surface area contributed by atoms with Crippen LogP contribution in [0.25, 0.3) is 0 Å². The first kappa shape index (κ1) is 16.8. The lowest BCUT2D eigenvalue weighted by Crippen LogP contribution is -2.35. The molecule has 5 heteroatoms. The Labute approximate surface area is 144 Å². The fourth-order valence-electron chi connectivity index (χ4n) is 3.64. The summed E-state index contributed by atoms with van der Waals surface area (Å²) in [5.41, 5.74) is 2.80. The van der Waals surface area contributed by atoms with Crippen LogP contribution in [0.15, 0.2) is 24.4 Å². The molecule has 130 valence electrons. The maximum Gasteiger partial charge on any atom is 0.274 e. The molecule has 3 rings (SSSR count). The van der Waals surface area contributed by atoms with Gasteiger partial charge in [-0.15, -0.1) is 0 Å². The van der Waals surface area contributed by atoms with Gasteiger partial charge in [-0.2, -0.15) is 5.10 Å². The van der Waals surface area contributed by atoms with Crippen molar-refractivity contribution >= 4 is 5.91 Å². The lowest BCUT2D eigenvalue weighted by molar-refractivity contribution is 0.0668. The molecule has 1 aliphatic rings. The topological polar surface area (TPSA) is 53.9 Å². The first-order valence-electron chi connectivity index (χ1n) is 9.02. The SMILES string of the molecule is CC(C)Cc1cc(C(=O)N2CCCCCC2c2cccn2C)n[nH]1. The molecule has 1 fully saturated rings. The fraction of sp³-hybridized carbons (Fsp3) is 0.579. The van der Waals surface area contributed by atoms with Crippen molar-refractivity contribution in [2.45, 2.75) is 52.0 Å². The molecule has 5 nitrogen and oxygen atoms in total. The van der Waals surface area contributed by atoms with Crippen LogP contribution in [0.4, 0.5) is 0 Å². The minimum atomic E-state index is 0.0503. The molecule has 0 spiro atoms. The lowest BCUT2D eigenvalue weighted by atomic mass is 10.1. The molecule has 1 unspecified atom stereocenters. The Morgan fingerprint density at radius 2 is 2.21 bits per heavy atom. The molecule has 1 aliphatic heterocycles. The predicted molar refractivity (Wildman–Crippen MR) is 94.8 cm³/mol. The fourth-order valence-corrected chi connectivity index (χ4v) is 3.64. The van der Waals surface area contributed by atoms with Crippen molar-refractivity contribution in [1.82, 2.24) is 19.7 Å². The smallest absolute Gasteiger partial charge is 0.274 e. The molecule has 1 N–H and O–H groups in total. The summed E-state index contributed by atoms with van der Waals surface area (Å²) in [7, 11) is 2.05. The molecule has 0 bridgehead atoms. The second-order valence-corrected chi connectivity index (χ2v) is 7.28. The molecule has 24 heavy (non-hydrogen) atoms. The summed E-state index contributed by atoms with van der Waals surface area (Å²) in [6.07, 6.45) is 7.41. The zero-order valence-corrected chi connectivity index (χ0v) is 15.0. The second-order valence-electron chi connectivity index (χ2n) is 7.28. The van der Waals surface area contributed by atoms with Crippen LogP contribution in [-0.2, 0) is 13.5 Å². The largest absolute Gasteiger partial charge is 0.353 e. The summed E-state index contributed by atoms with van der Waals surface area (Å²) in [6, 6.07) is 6.25. The van der Waals surface area contributed by atoms with E-state index in [0.29, 0.717) is 11.6 Å². The van der Waals surface area contributed by atoms with E-state index in [1.807, 2.05) is 11.0 Å². The van der Waals surface area contributed by atoms with Gasteiger partial charge in [0.15, 0.2) is 0 Å². The Morgan fingerprint density at radius 3 is 2.92 bits per heavy atom. The highest BCUT2D eigenvalue weighted by atomic mass is 16.2. The molecule has 0 aliphatic carbocycles. The number of nitrogens with zero attached hydrogens (tertiary/aromatic N) is 3. The van der Waals surface area contributed by atoms with E-state index in [1.165, 1.54) is 18.5 Å². The summed E-state index contributed by atoms with van der Waals surface area (Å²) in [5, 5.41) is 7.32. The van der Waals surface area contributed by atoms with Gasteiger partial charge in [-0.25, -0.2) is 0 Å². The van der Waals surface area contributed by atoms with Crippen LogP contribution >= 0.6 is 0 Å². The van der Waals surface area contributed by atoms with Crippen LogP contribution in [-0.4, -0.2) is 32.1 Å². The number of hydrogen-bond donors (Lipinski definition) is 1. The number of likely N-dealkylation sites (tertiary alicyclic amines) is 1. The van der Waals surface area contributed by atoms with E-state index in [-0.39, 0.29) is 11.9 Å². The van der Waals surface area contributed by atoms with E-state index in [9.17, 15) is 4.79 Å². The maximum absolute atomic E-state index is 13.1. The van der Waals surface area contributed by atoms with Gasteiger partial charge >= 0.3 is 0 Å². The number of carbonyl (C=O) groups is 1. The molecule has 2 aromatic rings. The van der Waals surface area contributed by atoms with Crippen LogP contribution in [0, 0.1) is 5.92 Å². The number of aryl methyl sites for hydroxylation is 1. The summed E-state index contributed by atoms with van der Waals surface area (Å²) >= 11 is 0. The van der Waals surface area contributed by atoms with E-state index in [1.54, 1.807) is 0 Å². The van der Waals surface area contributed by atoms with E-state index < -0.39 is 0 Å². The first-order chi connectivity index (χ1) is 11.6. The molecule has 1 amide bonds.